The average molecular weight is 688 g/mol. The Morgan fingerprint density at radius 1 is 1.08 bits per heavy atom. The fourth-order valence-electron chi connectivity index (χ4n) is 8.44. The molecule has 4 aromatic rings. The topological polar surface area (TPSA) is 116 Å². The third-order valence-electron chi connectivity index (χ3n) is 10.9. The first kappa shape index (κ1) is 32.6. The minimum atomic E-state index is -0.874. The number of alkyl halides is 1. The fraction of sp³-hybridized carbons (Fsp3) is 0.528. The summed E-state index contributed by atoms with van der Waals surface area (Å²) in [6.07, 6.45) is 3.32. The average Bonchev–Trinajstić information content (AvgIpc) is 3.73. The number of phenols is 1. The van der Waals surface area contributed by atoms with Crippen molar-refractivity contribution in [2.45, 2.75) is 76.8 Å². The quantitative estimate of drug-likeness (QED) is 0.302. The highest BCUT2D eigenvalue weighted by atomic mass is 19.1. The Bertz CT molecular complexity index is 1970. The largest absolute Gasteiger partial charge is 0.508 e. The van der Waals surface area contributed by atoms with Crippen LogP contribution in [0, 0.1) is 5.82 Å². The van der Waals surface area contributed by atoms with E-state index in [0.29, 0.717) is 76.5 Å². The number of phenolic OH excluding ortho intramolecular Hbond substituents is 1. The molecule has 0 aliphatic carbocycles. The molecule has 0 radical (unpaired) electrons. The van der Waals surface area contributed by atoms with Gasteiger partial charge in [0.15, 0.2) is 0 Å². The first-order valence-electron chi connectivity index (χ1n) is 17.6. The van der Waals surface area contributed by atoms with Gasteiger partial charge in [0.1, 0.15) is 36.0 Å². The molecule has 2 atom stereocenters. The number of aryl methyl sites for hydroxylation is 2. The van der Waals surface area contributed by atoms with E-state index in [2.05, 4.69) is 24.8 Å². The number of benzene rings is 2. The second-order valence-corrected chi connectivity index (χ2v) is 14.3. The summed E-state index contributed by atoms with van der Waals surface area (Å²) in [6.45, 7) is 6.23. The van der Waals surface area contributed by atoms with Gasteiger partial charge < -0.3 is 24.5 Å². The van der Waals surface area contributed by atoms with Crippen LogP contribution in [0.5, 0.6) is 11.8 Å². The molecule has 4 aliphatic rings. The lowest BCUT2D eigenvalue weighted by Crippen LogP contribution is -2.43. The molecule has 0 saturated carbocycles. The van der Waals surface area contributed by atoms with E-state index in [9.17, 15) is 14.3 Å². The van der Waals surface area contributed by atoms with Crippen molar-refractivity contribution in [3.8, 4) is 11.8 Å². The van der Waals surface area contributed by atoms with Crippen LogP contribution in [0.4, 0.5) is 20.3 Å². The third-order valence-corrected chi connectivity index (χ3v) is 10.9. The van der Waals surface area contributed by atoms with Gasteiger partial charge in [0.2, 0.25) is 5.82 Å². The van der Waals surface area contributed by atoms with Gasteiger partial charge in [-0.25, -0.2) is 18.4 Å². The van der Waals surface area contributed by atoms with Gasteiger partial charge in [0.25, 0.3) is 5.91 Å². The summed E-state index contributed by atoms with van der Waals surface area (Å²) in [5, 5.41) is 16.8. The molecule has 1 N–H and O–H groups in total. The van der Waals surface area contributed by atoms with Crippen LogP contribution in [0.15, 0.2) is 24.3 Å². The number of carbonyl (C=O) groups is 1. The summed E-state index contributed by atoms with van der Waals surface area (Å²) in [6, 6.07) is 6.79. The molecule has 2 aromatic carbocycles. The van der Waals surface area contributed by atoms with E-state index in [4.69, 9.17) is 14.7 Å². The third kappa shape index (κ3) is 5.66. The number of nitrogens with zero attached hydrogens (tertiary/aromatic N) is 9. The molecule has 1 amide bonds. The number of aromatic nitrogens is 5. The van der Waals surface area contributed by atoms with Crippen molar-refractivity contribution in [2.75, 3.05) is 56.7 Å². The number of carbonyl (C=O) groups excluding carboxylic acids is 1. The van der Waals surface area contributed by atoms with Crippen LogP contribution in [0.25, 0.3) is 10.8 Å². The Hall–Kier alpha value is -4.59. The number of aromatic hydroxyl groups is 1. The standard InChI is InChI=1S/C36H43F2N9O3/c1-4-25-27(38)8-7-22-15-24(48)16-29(31(22)25)44-14-9-26-28(19-44)39-35(50-21-36-10-5-12-46(36)18-23(37)17-36)41-33(26)45-11-6-13-47-30(20-45)40-32(42-47)34(49)43(2)3/h7-8,15-16,23,48H,4-6,9-14,17-21H2,1-3H3/t23-,36+/m1/s1. The molecular formula is C36H43F2N9O3. The molecule has 50 heavy (non-hydrogen) atoms. The van der Waals surface area contributed by atoms with Crippen LogP contribution in [0.3, 0.4) is 0 Å². The fourth-order valence-corrected chi connectivity index (χ4v) is 8.44. The van der Waals surface area contributed by atoms with E-state index in [1.54, 1.807) is 32.3 Å². The summed E-state index contributed by atoms with van der Waals surface area (Å²) in [5.74, 6) is 1.19. The molecule has 12 nitrogen and oxygen atoms in total. The molecule has 264 valence electrons. The molecule has 0 bridgehead atoms. The lowest BCUT2D eigenvalue weighted by Gasteiger charge is -2.35. The number of fused-ring (bicyclic) bond motifs is 4. The van der Waals surface area contributed by atoms with Crippen molar-refractivity contribution in [1.29, 1.82) is 0 Å². The van der Waals surface area contributed by atoms with Crippen LogP contribution in [0.2, 0.25) is 0 Å². The van der Waals surface area contributed by atoms with E-state index >= 15 is 4.39 Å². The van der Waals surface area contributed by atoms with Crippen molar-refractivity contribution in [1.82, 2.24) is 34.5 Å². The van der Waals surface area contributed by atoms with Crippen LogP contribution in [-0.2, 0) is 32.5 Å². The monoisotopic (exact) mass is 687 g/mol. The van der Waals surface area contributed by atoms with Gasteiger partial charge in [0, 0.05) is 69.4 Å². The Morgan fingerprint density at radius 3 is 2.76 bits per heavy atom. The zero-order valence-electron chi connectivity index (χ0n) is 28.8. The van der Waals surface area contributed by atoms with Crippen LogP contribution in [0.1, 0.15) is 65.9 Å². The Labute approximate surface area is 289 Å². The number of anilines is 2. The molecule has 2 fully saturated rings. The second kappa shape index (κ2) is 12.6. The van der Waals surface area contributed by atoms with Crippen molar-refractivity contribution in [2.24, 2.45) is 0 Å². The predicted molar refractivity (Wildman–Crippen MR) is 184 cm³/mol. The molecular weight excluding hydrogens is 644 g/mol. The van der Waals surface area contributed by atoms with Gasteiger partial charge in [-0.2, -0.15) is 9.97 Å². The van der Waals surface area contributed by atoms with Crippen molar-refractivity contribution in [3.63, 3.8) is 0 Å². The highest BCUT2D eigenvalue weighted by molar-refractivity contribution is 5.98. The van der Waals surface area contributed by atoms with Crippen molar-refractivity contribution in [3.05, 3.63) is 58.6 Å². The highest BCUT2D eigenvalue weighted by Crippen LogP contribution is 2.42. The maximum Gasteiger partial charge on any atom is 0.318 e. The molecule has 8 rings (SSSR count). The van der Waals surface area contributed by atoms with E-state index in [-0.39, 0.29) is 34.8 Å². The SMILES string of the molecule is CCc1c(F)ccc2cc(O)cc(N3CCc4c(nc(OC[C@@]56CCCN5C[C@H](F)C6)nc4N4CCCn5nc(C(=O)N(C)C)nc5C4)C3)c12. The lowest BCUT2D eigenvalue weighted by molar-refractivity contribution is 0.0815. The number of hydrogen-bond acceptors (Lipinski definition) is 10. The summed E-state index contributed by atoms with van der Waals surface area (Å²) in [5.41, 5.74) is 2.78. The normalized spacial score (nSPS) is 22.0. The van der Waals surface area contributed by atoms with E-state index in [1.165, 1.54) is 11.0 Å². The zero-order chi connectivity index (χ0) is 34.7. The van der Waals surface area contributed by atoms with Gasteiger partial charge in [-0.05, 0) is 61.7 Å². The number of amides is 1. The smallest absolute Gasteiger partial charge is 0.318 e. The molecule has 0 spiro atoms. The second-order valence-electron chi connectivity index (χ2n) is 14.3. The molecule has 14 heteroatoms. The Balaban J connectivity index is 1.17. The van der Waals surface area contributed by atoms with Crippen LogP contribution >= 0.6 is 0 Å². The molecule has 6 heterocycles. The minimum absolute atomic E-state index is 0.114. The first-order valence-corrected chi connectivity index (χ1v) is 17.6. The number of hydrogen-bond donors (Lipinski definition) is 1. The van der Waals surface area contributed by atoms with Gasteiger partial charge in [-0.1, -0.05) is 13.0 Å². The van der Waals surface area contributed by atoms with E-state index in [0.717, 1.165) is 59.3 Å². The molecule has 2 aromatic heterocycles. The van der Waals surface area contributed by atoms with E-state index < -0.39 is 6.17 Å². The predicted octanol–water partition coefficient (Wildman–Crippen LogP) is 4.26. The van der Waals surface area contributed by atoms with Gasteiger partial charge in [-0.15, -0.1) is 5.10 Å². The molecule has 2 saturated heterocycles. The minimum Gasteiger partial charge on any atom is -0.508 e. The summed E-state index contributed by atoms with van der Waals surface area (Å²) in [7, 11) is 3.36. The number of rotatable bonds is 7. The van der Waals surface area contributed by atoms with Gasteiger partial charge in [-0.3, -0.25) is 9.69 Å². The molecule has 4 aliphatic heterocycles. The Morgan fingerprint density at radius 2 is 1.94 bits per heavy atom. The maximum absolute atomic E-state index is 15.1. The van der Waals surface area contributed by atoms with E-state index in [1.807, 2.05) is 11.6 Å². The summed E-state index contributed by atoms with van der Waals surface area (Å²) >= 11 is 0. The van der Waals surface area contributed by atoms with Gasteiger partial charge >= 0.3 is 6.01 Å². The zero-order valence-corrected chi connectivity index (χ0v) is 28.8. The Kier molecular flexibility index (Phi) is 8.23. The number of ether oxygens (including phenoxy) is 1. The summed E-state index contributed by atoms with van der Waals surface area (Å²) in [4.78, 5) is 35.3. The first-order chi connectivity index (χ1) is 24.1. The number of halogens is 2. The van der Waals surface area contributed by atoms with Crippen molar-refractivity contribution >= 4 is 28.2 Å². The van der Waals surface area contributed by atoms with Crippen LogP contribution in [-0.4, -0.2) is 104 Å². The van der Waals surface area contributed by atoms with Gasteiger partial charge in [0.05, 0.1) is 24.3 Å². The molecule has 0 unspecified atom stereocenters. The lowest BCUT2D eigenvalue weighted by atomic mass is 9.95. The highest BCUT2D eigenvalue weighted by Gasteiger charge is 2.49. The van der Waals surface area contributed by atoms with Crippen molar-refractivity contribution < 1.29 is 23.4 Å². The maximum atomic E-state index is 15.1. The summed E-state index contributed by atoms with van der Waals surface area (Å²) < 4.78 is 37.9. The van der Waals surface area contributed by atoms with Crippen LogP contribution < -0.4 is 14.5 Å².